The normalized spacial score (nSPS) is 18.5. The van der Waals surface area contributed by atoms with E-state index in [9.17, 15) is 0 Å². The van der Waals surface area contributed by atoms with Gasteiger partial charge < -0.3 is 8.83 Å². The Kier molecular flexibility index (Phi) is 3.89. The van der Waals surface area contributed by atoms with Gasteiger partial charge in [-0.1, -0.05) is 0 Å². The first-order valence-electron chi connectivity index (χ1n) is 8.17. The van der Waals surface area contributed by atoms with E-state index < -0.39 is 0 Å². The molecule has 1 fully saturated rings. The van der Waals surface area contributed by atoms with Crippen molar-refractivity contribution in [3.05, 3.63) is 35.9 Å². The van der Waals surface area contributed by atoms with Gasteiger partial charge in [0.1, 0.15) is 11.6 Å². The van der Waals surface area contributed by atoms with Crippen LogP contribution in [0.2, 0.25) is 0 Å². The summed E-state index contributed by atoms with van der Waals surface area (Å²) < 4.78 is 13.0. The molecule has 1 atom stereocenters. The highest BCUT2D eigenvalue weighted by Crippen LogP contribution is 2.23. The Bertz CT molecular complexity index is 807. The minimum absolute atomic E-state index is 0.406. The maximum absolute atomic E-state index is 5.72. The Morgan fingerprint density at radius 1 is 1.29 bits per heavy atom. The summed E-state index contributed by atoms with van der Waals surface area (Å²) in [6.07, 6.45) is 3.90. The largest absolute Gasteiger partial charge is 0.459 e. The second-order valence-electron chi connectivity index (χ2n) is 6.13. The maximum Gasteiger partial charge on any atom is 0.283 e. The highest BCUT2D eigenvalue weighted by atomic mass is 16.4. The lowest BCUT2D eigenvalue weighted by molar-refractivity contribution is 0.199. The van der Waals surface area contributed by atoms with E-state index in [1.165, 1.54) is 0 Å². The number of aromatic nitrogens is 5. The molecule has 126 valence electrons. The molecule has 0 aliphatic carbocycles. The molecule has 0 spiro atoms. The van der Waals surface area contributed by atoms with Gasteiger partial charge in [0.2, 0.25) is 5.89 Å². The van der Waals surface area contributed by atoms with Crippen LogP contribution in [0.1, 0.15) is 30.4 Å². The molecule has 0 N–H and O–H groups in total. The average molecular weight is 328 g/mol. The molecule has 1 aliphatic heterocycles. The Labute approximate surface area is 139 Å². The zero-order valence-electron chi connectivity index (χ0n) is 13.8. The van der Waals surface area contributed by atoms with Crippen molar-refractivity contribution in [3.63, 3.8) is 0 Å². The third-order valence-electron chi connectivity index (χ3n) is 4.38. The number of hydrogen-bond donors (Lipinski definition) is 0. The molecule has 0 saturated carbocycles. The molecule has 3 aromatic heterocycles. The Balaban J connectivity index is 1.44. The first-order valence-corrected chi connectivity index (χ1v) is 8.17. The summed E-state index contributed by atoms with van der Waals surface area (Å²) in [5, 5.41) is 12.7. The van der Waals surface area contributed by atoms with Crippen molar-refractivity contribution in [2.24, 2.45) is 0 Å². The predicted molar refractivity (Wildman–Crippen MR) is 84.9 cm³/mol. The number of likely N-dealkylation sites (tertiary alicyclic amines) is 1. The molecule has 24 heavy (non-hydrogen) atoms. The van der Waals surface area contributed by atoms with Gasteiger partial charge in [0.25, 0.3) is 5.89 Å². The molecule has 0 unspecified atom stereocenters. The van der Waals surface area contributed by atoms with E-state index in [0.29, 0.717) is 30.1 Å². The van der Waals surface area contributed by atoms with Crippen LogP contribution in [-0.2, 0) is 13.1 Å². The van der Waals surface area contributed by atoms with Gasteiger partial charge in [0.05, 0.1) is 19.4 Å². The van der Waals surface area contributed by atoms with Crippen molar-refractivity contribution in [2.75, 3.05) is 6.54 Å². The van der Waals surface area contributed by atoms with Crippen LogP contribution in [0, 0.1) is 13.8 Å². The van der Waals surface area contributed by atoms with Gasteiger partial charge >= 0.3 is 0 Å². The van der Waals surface area contributed by atoms with Gasteiger partial charge in [0.15, 0.2) is 5.76 Å². The molecule has 4 heterocycles. The highest BCUT2D eigenvalue weighted by Gasteiger charge is 2.27. The summed E-state index contributed by atoms with van der Waals surface area (Å²) in [6, 6.07) is 4.02. The summed E-state index contributed by atoms with van der Waals surface area (Å²) in [4.78, 5) is 6.75. The lowest BCUT2D eigenvalue weighted by Crippen LogP contribution is -2.33. The molecule has 0 bridgehead atoms. The lowest BCUT2D eigenvalue weighted by Gasteiger charge is -2.22. The zero-order chi connectivity index (χ0) is 16.5. The summed E-state index contributed by atoms with van der Waals surface area (Å²) in [5.74, 6) is 3.41. The molecule has 0 radical (unpaired) electrons. The van der Waals surface area contributed by atoms with Crippen LogP contribution in [0.3, 0.4) is 0 Å². The first-order chi connectivity index (χ1) is 11.7. The van der Waals surface area contributed by atoms with Crippen LogP contribution in [-0.4, -0.2) is 42.4 Å². The van der Waals surface area contributed by atoms with Gasteiger partial charge in [-0.05, 0) is 45.4 Å². The van der Waals surface area contributed by atoms with Crippen molar-refractivity contribution in [1.82, 2.24) is 29.9 Å². The van der Waals surface area contributed by atoms with Crippen LogP contribution >= 0.6 is 0 Å². The number of nitrogens with zero attached hydrogens (tertiary/aromatic N) is 6. The minimum Gasteiger partial charge on any atom is -0.459 e. The molecule has 1 aliphatic rings. The van der Waals surface area contributed by atoms with Crippen LogP contribution in [0.25, 0.3) is 11.7 Å². The fourth-order valence-corrected chi connectivity index (χ4v) is 3.23. The van der Waals surface area contributed by atoms with Crippen LogP contribution < -0.4 is 0 Å². The van der Waals surface area contributed by atoms with E-state index in [2.05, 4.69) is 25.2 Å². The van der Waals surface area contributed by atoms with Crippen LogP contribution in [0.5, 0.6) is 0 Å². The van der Waals surface area contributed by atoms with E-state index in [-0.39, 0.29) is 0 Å². The third-order valence-corrected chi connectivity index (χ3v) is 4.38. The predicted octanol–water partition coefficient (Wildman–Crippen LogP) is 2.20. The molecule has 8 heteroatoms. The first kappa shape index (κ1) is 15.1. The second kappa shape index (κ2) is 6.20. The fraction of sp³-hybridized carbons (Fsp3) is 0.500. The summed E-state index contributed by atoms with van der Waals surface area (Å²) in [5.41, 5.74) is 0. The van der Waals surface area contributed by atoms with E-state index >= 15 is 0 Å². The SMILES string of the molecule is Cc1nc(C)n(C[C@@H]2CCCN2Cc2nnc(-c3ccco3)o2)n1. The fourth-order valence-electron chi connectivity index (χ4n) is 3.23. The number of aryl methyl sites for hydroxylation is 2. The topological polar surface area (TPSA) is 86.0 Å². The minimum atomic E-state index is 0.406. The van der Waals surface area contributed by atoms with Crippen molar-refractivity contribution in [3.8, 4) is 11.7 Å². The summed E-state index contributed by atoms with van der Waals surface area (Å²) in [7, 11) is 0. The maximum atomic E-state index is 5.72. The van der Waals surface area contributed by atoms with E-state index in [4.69, 9.17) is 8.83 Å². The Hall–Kier alpha value is -2.48. The van der Waals surface area contributed by atoms with Crippen molar-refractivity contribution in [1.29, 1.82) is 0 Å². The van der Waals surface area contributed by atoms with E-state index in [0.717, 1.165) is 37.6 Å². The lowest BCUT2D eigenvalue weighted by atomic mass is 10.2. The van der Waals surface area contributed by atoms with Gasteiger partial charge in [-0.25, -0.2) is 9.67 Å². The van der Waals surface area contributed by atoms with Crippen molar-refractivity contribution >= 4 is 0 Å². The van der Waals surface area contributed by atoms with Crippen LogP contribution in [0.4, 0.5) is 0 Å². The molecule has 3 aromatic rings. The Morgan fingerprint density at radius 3 is 2.96 bits per heavy atom. The van der Waals surface area contributed by atoms with Gasteiger partial charge in [-0.2, -0.15) is 5.10 Å². The van der Waals surface area contributed by atoms with Gasteiger partial charge in [0, 0.05) is 6.04 Å². The number of rotatable bonds is 5. The van der Waals surface area contributed by atoms with Crippen molar-refractivity contribution in [2.45, 2.75) is 45.8 Å². The molecule has 4 rings (SSSR count). The zero-order valence-corrected chi connectivity index (χ0v) is 13.8. The summed E-state index contributed by atoms with van der Waals surface area (Å²) >= 11 is 0. The number of hydrogen-bond acceptors (Lipinski definition) is 7. The average Bonchev–Trinajstić information content (AvgIpc) is 3.30. The van der Waals surface area contributed by atoms with Gasteiger partial charge in [-0.3, -0.25) is 4.90 Å². The van der Waals surface area contributed by atoms with Crippen molar-refractivity contribution < 1.29 is 8.83 Å². The number of furan rings is 1. The molecular formula is C16H20N6O2. The molecule has 8 nitrogen and oxygen atoms in total. The molecule has 0 aromatic carbocycles. The smallest absolute Gasteiger partial charge is 0.283 e. The monoisotopic (exact) mass is 328 g/mol. The van der Waals surface area contributed by atoms with Gasteiger partial charge in [-0.15, -0.1) is 10.2 Å². The molecule has 0 amide bonds. The third kappa shape index (κ3) is 2.96. The Morgan fingerprint density at radius 2 is 2.21 bits per heavy atom. The standard InChI is InChI=1S/C16H20N6O2/c1-11-17-12(2)22(20-11)9-13-5-3-7-21(13)10-15-18-19-16(24-15)14-6-4-8-23-14/h4,6,8,13H,3,5,7,9-10H2,1-2H3/t13-/m0/s1. The van der Waals surface area contributed by atoms with E-state index in [1.54, 1.807) is 12.3 Å². The quantitative estimate of drug-likeness (QED) is 0.709. The second-order valence-corrected chi connectivity index (χ2v) is 6.13. The highest BCUT2D eigenvalue weighted by molar-refractivity contribution is 5.42. The molecule has 1 saturated heterocycles. The molecular weight excluding hydrogens is 308 g/mol. The van der Waals surface area contributed by atoms with Crippen LogP contribution in [0.15, 0.2) is 27.2 Å². The van der Waals surface area contributed by atoms with E-state index in [1.807, 2.05) is 24.6 Å². The summed E-state index contributed by atoms with van der Waals surface area (Å²) in [6.45, 7) is 6.42.